The highest BCUT2D eigenvalue weighted by atomic mass is 19.1. The minimum atomic E-state index is -0.252. The summed E-state index contributed by atoms with van der Waals surface area (Å²) in [5.74, 6) is 0.316. The van der Waals surface area contributed by atoms with Crippen LogP contribution in [0.1, 0.15) is 11.3 Å². The fraction of sp³-hybridized carbons (Fsp3) is 0.150. The molecule has 3 heterocycles. The molecule has 0 fully saturated rings. The number of fused-ring (bicyclic) bond motifs is 1. The number of aryl methyl sites for hydroxylation is 1. The van der Waals surface area contributed by atoms with E-state index in [-0.39, 0.29) is 5.82 Å². The van der Waals surface area contributed by atoms with Crippen LogP contribution in [0.2, 0.25) is 0 Å². The molecule has 0 N–H and O–H groups in total. The maximum Gasteiger partial charge on any atom is 0.168 e. The van der Waals surface area contributed by atoms with Crippen LogP contribution in [-0.2, 0) is 12.8 Å². The van der Waals surface area contributed by atoms with Gasteiger partial charge in [0.25, 0.3) is 0 Å². The molecular weight excluding hydrogens is 331 g/mol. The summed E-state index contributed by atoms with van der Waals surface area (Å²) >= 11 is 0. The smallest absolute Gasteiger partial charge is 0.168 e. The lowest BCUT2D eigenvalue weighted by Gasteiger charge is -2.11. The minimum Gasteiger partial charge on any atom is -0.496 e. The van der Waals surface area contributed by atoms with Gasteiger partial charge in [-0.1, -0.05) is 6.07 Å². The van der Waals surface area contributed by atoms with Crippen molar-refractivity contribution < 1.29 is 9.13 Å². The van der Waals surface area contributed by atoms with Gasteiger partial charge < -0.3 is 4.74 Å². The molecule has 5 nitrogen and oxygen atoms in total. The molecule has 1 aromatic carbocycles. The number of nitrogens with zero attached hydrogens (tertiary/aromatic N) is 4. The number of aromatic nitrogens is 4. The standard InChI is InChI=1S/C20H17FN4O/c1-26-19-4-2-3-18(21)17(19)8-6-15-5-7-16(14-9-11-22-12-10-14)20-24-23-13-25(15)20/h2-5,7,9-13H,6,8H2,1H3. The second-order valence-electron chi connectivity index (χ2n) is 5.92. The van der Waals surface area contributed by atoms with Crippen molar-refractivity contribution in [3.8, 4) is 16.9 Å². The molecule has 0 amide bonds. The number of rotatable bonds is 5. The van der Waals surface area contributed by atoms with Gasteiger partial charge in [0.2, 0.25) is 0 Å². The van der Waals surface area contributed by atoms with Crippen LogP contribution >= 0.6 is 0 Å². The Morgan fingerprint density at radius 2 is 1.88 bits per heavy atom. The van der Waals surface area contributed by atoms with Gasteiger partial charge in [-0.15, -0.1) is 10.2 Å². The van der Waals surface area contributed by atoms with E-state index in [1.54, 1.807) is 38.0 Å². The number of hydrogen-bond acceptors (Lipinski definition) is 4. The third-order valence-corrected chi connectivity index (χ3v) is 4.46. The van der Waals surface area contributed by atoms with Crippen LogP contribution in [0.3, 0.4) is 0 Å². The Morgan fingerprint density at radius 1 is 1.04 bits per heavy atom. The first-order valence-electron chi connectivity index (χ1n) is 8.31. The molecule has 0 spiro atoms. The topological polar surface area (TPSA) is 52.3 Å². The van der Waals surface area contributed by atoms with Crippen LogP contribution < -0.4 is 4.74 Å². The van der Waals surface area contributed by atoms with Gasteiger partial charge in [-0.05, 0) is 54.8 Å². The number of halogens is 1. The highest BCUT2D eigenvalue weighted by Crippen LogP contribution is 2.26. The first-order chi connectivity index (χ1) is 12.8. The number of methoxy groups -OCH3 is 1. The maximum atomic E-state index is 14.2. The molecule has 0 aliphatic heterocycles. The van der Waals surface area contributed by atoms with Gasteiger partial charge in [-0.2, -0.15) is 0 Å². The molecule has 4 aromatic rings. The lowest BCUT2D eigenvalue weighted by atomic mass is 10.0. The van der Waals surface area contributed by atoms with Crippen molar-refractivity contribution in [1.82, 2.24) is 19.6 Å². The molecule has 0 unspecified atom stereocenters. The van der Waals surface area contributed by atoms with Gasteiger partial charge in [0.15, 0.2) is 5.65 Å². The number of ether oxygens (including phenoxy) is 1. The zero-order valence-corrected chi connectivity index (χ0v) is 14.3. The summed E-state index contributed by atoms with van der Waals surface area (Å²) in [6, 6.07) is 12.8. The van der Waals surface area contributed by atoms with Crippen LogP contribution in [0.15, 0.2) is 61.2 Å². The number of benzene rings is 1. The highest BCUT2D eigenvalue weighted by Gasteiger charge is 2.13. The fourth-order valence-electron chi connectivity index (χ4n) is 3.15. The van der Waals surface area contributed by atoms with E-state index in [9.17, 15) is 4.39 Å². The van der Waals surface area contributed by atoms with E-state index in [1.807, 2.05) is 28.7 Å². The average Bonchev–Trinajstić information content (AvgIpc) is 3.17. The highest BCUT2D eigenvalue weighted by molar-refractivity contribution is 5.77. The molecule has 3 aromatic heterocycles. The first kappa shape index (κ1) is 16.2. The SMILES string of the molecule is COc1cccc(F)c1CCc1ccc(-c2ccncc2)c2nncn12. The van der Waals surface area contributed by atoms with Gasteiger partial charge in [-0.3, -0.25) is 9.38 Å². The molecule has 0 aliphatic rings. The molecule has 0 radical (unpaired) electrons. The molecule has 130 valence electrons. The van der Waals surface area contributed by atoms with Gasteiger partial charge >= 0.3 is 0 Å². The van der Waals surface area contributed by atoms with E-state index >= 15 is 0 Å². The Labute approximate surface area is 150 Å². The zero-order chi connectivity index (χ0) is 17.9. The van der Waals surface area contributed by atoms with E-state index in [2.05, 4.69) is 15.2 Å². The monoisotopic (exact) mass is 348 g/mol. The molecular formula is C20H17FN4O. The summed E-state index contributed by atoms with van der Waals surface area (Å²) in [6.45, 7) is 0. The second kappa shape index (κ2) is 6.92. The molecule has 0 atom stereocenters. The lowest BCUT2D eigenvalue weighted by molar-refractivity contribution is 0.404. The number of hydrogen-bond donors (Lipinski definition) is 0. The fourth-order valence-corrected chi connectivity index (χ4v) is 3.15. The predicted octanol–water partition coefficient (Wildman–Crippen LogP) is 3.72. The Kier molecular flexibility index (Phi) is 4.31. The summed E-state index contributed by atoms with van der Waals surface area (Å²) in [6.07, 6.45) is 6.36. The first-order valence-corrected chi connectivity index (χ1v) is 8.31. The molecule has 26 heavy (non-hydrogen) atoms. The summed E-state index contributed by atoms with van der Waals surface area (Å²) in [5, 5.41) is 8.31. The summed E-state index contributed by atoms with van der Waals surface area (Å²) in [4.78, 5) is 4.05. The van der Waals surface area contributed by atoms with Crippen molar-refractivity contribution in [2.45, 2.75) is 12.8 Å². The maximum absolute atomic E-state index is 14.2. The Hall–Kier alpha value is -3.28. The van der Waals surface area contributed by atoms with E-state index < -0.39 is 0 Å². The van der Waals surface area contributed by atoms with Crippen molar-refractivity contribution in [1.29, 1.82) is 0 Å². The molecule has 0 aliphatic carbocycles. The molecule has 4 rings (SSSR count). The Balaban J connectivity index is 1.68. The third-order valence-electron chi connectivity index (χ3n) is 4.46. The predicted molar refractivity (Wildman–Crippen MR) is 96.6 cm³/mol. The molecule has 0 saturated heterocycles. The van der Waals surface area contributed by atoms with E-state index in [0.29, 0.717) is 24.2 Å². The van der Waals surface area contributed by atoms with Crippen LogP contribution in [0.5, 0.6) is 5.75 Å². The Bertz CT molecular complexity index is 1050. The normalized spacial score (nSPS) is 11.0. The van der Waals surface area contributed by atoms with Crippen molar-refractivity contribution in [3.63, 3.8) is 0 Å². The van der Waals surface area contributed by atoms with Crippen LogP contribution in [-0.4, -0.2) is 26.7 Å². The van der Waals surface area contributed by atoms with Gasteiger partial charge in [0, 0.05) is 29.2 Å². The quantitative estimate of drug-likeness (QED) is 0.551. The van der Waals surface area contributed by atoms with E-state index in [1.165, 1.54) is 6.07 Å². The largest absolute Gasteiger partial charge is 0.496 e. The van der Waals surface area contributed by atoms with E-state index in [4.69, 9.17) is 4.74 Å². The van der Waals surface area contributed by atoms with Crippen molar-refractivity contribution >= 4 is 5.65 Å². The van der Waals surface area contributed by atoms with Crippen LogP contribution in [0, 0.1) is 5.82 Å². The summed E-state index contributed by atoms with van der Waals surface area (Å²) in [7, 11) is 1.56. The van der Waals surface area contributed by atoms with Crippen molar-refractivity contribution in [2.75, 3.05) is 7.11 Å². The van der Waals surface area contributed by atoms with Crippen LogP contribution in [0.25, 0.3) is 16.8 Å². The van der Waals surface area contributed by atoms with Gasteiger partial charge in [-0.25, -0.2) is 4.39 Å². The van der Waals surface area contributed by atoms with Gasteiger partial charge in [0.1, 0.15) is 17.9 Å². The third kappa shape index (κ3) is 2.90. The van der Waals surface area contributed by atoms with Gasteiger partial charge in [0.05, 0.1) is 7.11 Å². The zero-order valence-electron chi connectivity index (χ0n) is 14.3. The van der Waals surface area contributed by atoms with Crippen molar-refractivity contribution in [3.05, 3.63) is 78.3 Å². The Morgan fingerprint density at radius 3 is 2.69 bits per heavy atom. The van der Waals surface area contributed by atoms with Crippen molar-refractivity contribution in [2.24, 2.45) is 0 Å². The van der Waals surface area contributed by atoms with Crippen LogP contribution in [0.4, 0.5) is 4.39 Å². The number of pyridine rings is 2. The van der Waals surface area contributed by atoms with E-state index in [0.717, 1.165) is 22.5 Å². The second-order valence-corrected chi connectivity index (χ2v) is 5.92. The molecule has 6 heteroatoms. The summed E-state index contributed by atoms with van der Waals surface area (Å²) in [5.41, 5.74) is 4.37. The molecule has 0 saturated carbocycles. The minimum absolute atomic E-state index is 0.252. The molecule has 0 bridgehead atoms. The summed E-state index contributed by atoms with van der Waals surface area (Å²) < 4.78 is 21.4. The lowest BCUT2D eigenvalue weighted by Crippen LogP contribution is -2.03. The average molecular weight is 348 g/mol.